The molecule has 2 aromatic heterocycles. The predicted octanol–water partition coefficient (Wildman–Crippen LogP) is 5.13. The van der Waals surface area contributed by atoms with Crippen molar-refractivity contribution < 1.29 is 43.3 Å². The minimum atomic E-state index is -1.55. The second-order valence-corrected chi connectivity index (χ2v) is 15.6. The number of carboxylic acids is 1. The topological polar surface area (TPSA) is 198 Å². The number of hydrogen-bond acceptors (Lipinski definition) is 11. The number of nitrogens with one attached hydrogen (secondary N) is 3. The lowest BCUT2D eigenvalue weighted by Gasteiger charge is -2.30. The van der Waals surface area contributed by atoms with Gasteiger partial charge in [-0.15, -0.1) is 17.9 Å². The van der Waals surface area contributed by atoms with Gasteiger partial charge < -0.3 is 40.2 Å². The molecule has 6 rings (SSSR count). The van der Waals surface area contributed by atoms with E-state index in [9.17, 15) is 29.1 Å². The van der Waals surface area contributed by atoms with Crippen LogP contribution in [0.5, 0.6) is 11.5 Å². The van der Waals surface area contributed by atoms with Crippen molar-refractivity contribution in [3.8, 4) is 22.9 Å². The minimum absolute atomic E-state index is 0.00484. The van der Waals surface area contributed by atoms with Crippen molar-refractivity contribution in [3.63, 3.8) is 0 Å². The molecule has 0 radical (unpaired) electrons. The van der Waals surface area contributed by atoms with Gasteiger partial charge in [0.15, 0.2) is 5.13 Å². The molecule has 2 aliphatic carbocycles. The first kappa shape index (κ1) is 39.2. The first-order valence-corrected chi connectivity index (χ1v) is 19.0. The van der Waals surface area contributed by atoms with E-state index in [1.807, 2.05) is 13.8 Å². The van der Waals surface area contributed by atoms with Crippen molar-refractivity contribution in [2.75, 3.05) is 19.0 Å². The molecular weight excluding hydrogens is 729 g/mol. The van der Waals surface area contributed by atoms with Crippen LogP contribution in [0.3, 0.4) is 0 Å². The molecular formula is C39H46N6O9S. The Labute approximate surface area is 322 Å². The Morgan fingerprint density at radius 2 is 1.84 bits per heavy atom. The van der Waals surface area contributed by atoms with Crippen LogP contribution in [0.4, 0.5) is 9.93 Å². The van der Waals surface area contributed by atoms with E-state index in [-0.39, 0.29) is 25.3 Å². The van der Waals surface area contributed by atoms with Crippen LogP contribution in [0.1, 0.15) is 64.9 Å². The van der Waals surface area contributed by atoms with E-state index in [1.54, 1.807) is 37.6 Å². The van der Waals surface area contributed by atoms with Gasteiger partial charge >= 0.3 is 12.1 Å². The Balaban J connectivity index is 1.33. The average Bonchev–Trinajstić information content (AvgIpc) is 3.46. The molecule has 55 heavy (non-hydrogen) atoms. The number of anilines is 1. The highest BCUT2D eigenvalue weighted by Crippen LogP contribution is 2.45. The van der Waals surface area contributed by atoms with Gasteiger partial charge in [0.1, 0.15) is 46.5 Å². The number of aromatic nitrogens is 2. The van der Waals surface area contributed by atoms with E-state index in [0.717, 1.165) is 18.4 Å². The Bertz CT molecular complexity index is 2080. The van der Waals surface area contributed by atoms with E-state index >= 15 is 0 Å². The van der Waals surface area contributed by atoms with E-state index < -0.39 is 59.1 Å². The van der Waals surface area contributed by atoms with Gasteiger partial charge in [0.25, 0.3) is 0 Å². The Hall–Kier alpha value is -5.51. The number of aliphatic carboxylic acids is 1. The molecule has 2 saturated carbocycles. The van der Waals surface area contributed by atoms with Gasteiger partial charge in [0.2, 0.25) is 17.7 Å². The number of pyridine rings is 1. The number of rotatable bonds is 13. The number of thiazole rings is 1. The fourth-order valence-corrected chi connectivity index (χ4v) is 8.21. The summed E-state index contributed by atoms with van der Waals surface area (Å²) in [6.45, 7) is 14.3. The molecule has 3 heterocycles. The van der Waals surface area contributed by atoms with Crippen LogP contribution >= 0.6 is 11.3 Å². The number of fused-ring (bicyclic) bond motifs is 1. The highest BCUT2D eigenvalue weighted by molar-refractivity contribution is 7.14. The van der Waals surface area contributed by atoms with Crippen LogP contribution in [0.2, 0.25) is 0 Å². The zero-order valence-corrected chi connectivity index (χ0v) is 32.3. The maximum absolute atomic E-state index is 14.4. The quantitative estimate of drug-likeness (QED) is 0.168. The number of carboxylic acid groups (broad SMARTS) is 1. The summed E-state index contributed by atoms with van der Waals surface area (Å²) in [6.07, 6.45) is 3.35. The zero-order chi connectivity index (χ0) is 39.8. The molecule has 0 spiro atoms. The molecule has 3 aromatic rings. The molecule has 1 aliphatic heterocycles. The molecule has 0 unspecified atom stereocenters. The first-order valence-electron chi connectivity index (χ1n) is 18.1. The second-order valence-electron chi connectivity index (χ2n) is 14.8. The van der Waals surface area contributed by atoms with Gasteiger partial charge in [-0.3, -0.25) is 14.4 Å². The predicted molar refractivity (Wildman–Crippen MR) is 205 cm³/mol. The summed E-state index contributed by atoms with van der Waals surface area (Å²) in [5.74, 6) is -2.28. The Kier molecular flexibility index (Phi) is 10.9. The van der Waals surface area contributed by atoms with Gasteiger partial charge in [0.05, 0.1) is 24.9 Å². The van der Waals surface area contributed by atoms with Crippen LogP contribution in [-0.2, 0) is 23.9 Å². The lowest BCUT2D eigenvalue weighted by atomic mass is 10.1. The second kappa shape index (κ2) is 15.3. The normalized spacial score (nSPS) is 23.0. The van der Waals surface area contributed by atoms with Crippen LogP contribution in [0.15, 0.2) is 48.4 Å². The maximum Gasteiger partial charge on any atom is 0.408 e. The third-order valence-electron chi connectivity index (χ3n) is 10.6. The fourth-order valence-electron chi connectivity index (χ4n) is 7.46. The van der Waals surface area contributed by atoms with Crippen molar-refractivity contribution in [2.45, 2.75) is 95.5 Å². The van der Waals surface area contributed by atoms with Crippen molar-refractivity contribution in [3.05, 3.63) is 53.9 Å². The number of amides is 4. The number of ether oxygens (including phenoxy) is 3. The number of likely N-dealkylation sites (tertiary alicyclic amines) is 1. The fraction of sp³-hybridized carbons (Fsp3) is 0.462. The summed E-state index contributed by atoms with van der Waals surface area (Å²) in [4.78, 5) is 76.3. The lowest BCUT2D eigenvalue weighted by molar-refractivity contribution is -0.145. The van der Waals surface area contributed by atoms with E-state index in [0.29, 0.717) is 57.3 Å². The Morgan fingerprint density at radius 1 is 1.11 bits per heavy atom. The number of methoxy groups -OCH3 is 1. The molecule has 15 nitrogen and oxygen atoms in total. The highest BCUT2D eigenvalue weighted by Gasteiger charge is 2.61. The maximum atomic E-state index is 14.4. The zero-order valence-electron chi connectivity index (χ0n) is 31.5. The highest BCUT2D eigenvalue weighted by atomic mass is 32.1. The minimum Gasteiger partial charge on any atom is -0.496 e. The van der Waals surface area contributed by atoms with Crippen molar-refractivity contribution in [2.24, 2.45) is 5.92 Å². The van der Waals surface area contributed by atoms with Crippen molar-refractivity contribution in [1.29, 1.82) is 0 Å². The molecule has 16 heteroatoms. The number of aryl methyl sites for hydroxylation is 1. The number of alkyl carbamates (subject to hydrolysis) is 1. The van der Waals surface area contributed by atoms with Gasteiger partial charge in [-0.1, -0.05) is 12.7 Å². The van der Waals surface area contributed by atoms with Gasteiger partial charge in [-0.05, 0) is 70.6 Å². The largest absolute Gasteiger partial charge is 0.496 e. The molecule has 3 fully saturated rings. The number of nitrogens with zero attached hydrogens (tertiary/aromatic N) is 3. The smallest absolute Gasteiger partial charge is 0.408 e. The lowest BCUT2D eigenvalue weighted by Crippen LogP contribution is -2.56. The molecule has 1 saturated heterocycles. The summed E-state index contributed by atoms with van der Waals surface area (Å²) < 4.78 is 18.0. The molecule has 0 bridgehead atoms. The van der Waals surface area contributed by atoms with Crippen LogP contribution in [0.25, 0.3) is 22.3 Å². The SMILES string of the molecule is C=C[C@@H]1C[C@]1(NC(=O)[C@@H]1C[C@@H](Oc2cc(-c3csc(NC(C)=O)n3)nc3c(C)c(OC)ccc23)CN1C(=O)[C@@H](NC(=O)OC1(C)CCCC1)C(=C)C)C(=O)O. The molecule has 5 atom stereocenters. The summed E-state index contributed by atoms with van der Waals surface area (Å²) in [7, 11) is 1.56. The van der Waals surface area contributed by atoms with Crippen LogP contribution in [-0.4, -0.2) is 92.7 Å². The first-order chi connectivity index (χ1) is 26.1. The molecule has 4 amide bonds. The monoisotopic (exact) mass is 774 g/mol. The van der Waals surface area contributed by atoms with Crippen molar-refractivity contribution >= 4 is 57.2 Å². The number of carbonyl (C=O) groups is 5. The Morgan fingerprint density at radius 3 is 2.45 bits per heavy atom. The summed E-state index contributed by atoms with van der Waals surface area (Å²) >= 11 is 1.24. The molecule has 1 aromatic carbocycles. The van der Waals surface area contributed by atoms with Gasteiger partial charge in [-0.25, -0.2) is 19.6 Å². The number of hydrogen-bond donors (Lipinski definition) is 4. The van der Waals surface area contributed by atoms with E-state index in [2.05, 4.69) is 34.1 Å². The van der Waals surface area contributed by atoms with E-state index in [1.165, 1.54) is 29.2 Å². The molecule has 4 N–H and O–H groups in total. The standard InChI is InChI=1S/C39H46N6O9S/c1-8-23-17-39(23,35(49)50)44-33(47)28-15-24(18-45(28)34(48)31(20(2)3)43-37(51)54-38(6)13-9-10-14-38)53-30-16-26(27-19-55-36(42-27)40-22(5)46)41-32-21(4)29(52-7)12-11-25(30)32/h8,11-12,16,19,23-24,28,31H,1-2,9-10,13-15,17-18H2,3-7H3,(H,43,51)(H,44,47)(H,49,50)(H,40,42,46)/t23-,24-,28+,31+,39-/m1/s1. The van der Waals surface area contributed by atoms with E-state index in [4.69, 9.17) is 19.2 Å². The summed E-state index contributed by atoms with van der Waals surface area (Å²) in [5, 5.41) is 20.9. The number of carbonyl (C=O) groups excluding carboxylic acids is 4. The summed E-state index contributed by atoms with van der Waals surface area (Å²) in [5.41, 5.74) is 0.340. The van der Waals surface area contributed by atoms with Gasteiger partial charge in [-0.2, -0.15) is 0 Å². The number of benzene rings is 1. The van der Waals surface area contributed by atoms with Crippen LogP contribution in [0, 0.1) is 12.8 Å². The van der Waals surface area contributed by atoms with Crippen molar-refractivity contribution in [1.82, 2.24) is 25.5 Å². The average molecular weight is 775 g/mol. The summed E-state index contributed by atoms with van der Waals surface area (Å²) in [6, 6.07) is 2.88. The van der Waals surface area contributed by atoms with Crippen LogP contribution < -0.4 is 25.4 Å². The molecule has 3 aliphatic rings. The van der Waals surface area contributed by atoms with Gasteiger partial charge in [0, 0.05) is 41.7 Å². The third-order valence-corrected chi connectivity index (χ3v) is 11.3. The third kappa shape index (κ3) is 8.00. The molecule has 292 valence electrons.